The first-order chi connectivity index (χ1) is 14.8. The molecule has 1 saturated heterocycles. The van der Waals surface area contributed by atoms with Crippen LogP contribution in [0.15, 0.2) is 30.5 Å². The van der Waals surface area contributed by atoms with E-state index < -0.39 is 18.0 Å². The minimum atomic E-state index is -1.07. The van der Waals surface area contributed by atoms with Crippen LogP contribution in [0.2, 0.25) is 5.02 Å². The highest BCUT2D eigenvalue weighted by Crippen LogP contribution is 2.42. The number of aromatic nitrogens is 1. The number of fused-ring (bicyclic) bond motifs is 1. The molecule has 2 aliphatic heterocycles. The molecule has 4 rings (SSSR count). The van der Waals surface area contributed by atoms with E-state index in [-0.39, 0.29) is 5.60 Å². The third-order valence-corrected chi connectivity index (χ3v) is 6.80. The van der Waals surface area contributed by atoms with Gasteiger partial charge in [0, 0.05) is 32.0 Å². The number of ether oxygens (including phenoxy) is 2. The number of halogens is 1. The minimum Gasteiger partial charge on any atom is -0.487 e. The number of piperidine rings is 1. The molecule has 0 aliphatic carbocycles. The summed E-state index contributed by atoms with van der Waals surface area (Å²) in [4.78, 5) is 17.6. The van der Waals surface area contributed by atoms with Gasteiger partial charge in [0.1, 0.15) is 11.4 Å². The SMILES string of the molecule is COc1cc(N2CCC3(CCc4ccc([C@H](O)[C@H](C)C(=O)O)cc4O3)CC2)c(Cl)cn1. The van der Waals surface area contributed by atoms with Gasteiger partial charge in [-0.3, -0.25) is 4.79 Å². The zero-order valence-corrected chi connectivity index (χ0v) is 18.4. The number of carbonyl (C=O) groups is 1. The van der Waals surface area contributed by atoms with Crippen molar-refractivity contribution >= 4 is 23.3 Å². The summed E-state index contributed by atoms with van der Waals surface area (Å²) in [5.41, 5.74) is 2.30. The van der Waals surface area contributed by atoms with Crippen LogP contribution in [0.1, 0.15) is 43.4 Å². The summed E-state index contributed by atoms with van der Waals surface area (Å²) >= 11 is 6.37. The Labute approximate surface area is 186 Å². The maximum Gasteiger partial charge on any atom is 0.309 e. The van der Waals surface area contributed by atoms with E-state index in [1.165, 1.54) is 6.92 Å². The fourth-order valence-electron chi connectivity index (χ4n) is 4.40. The van der Waals surface area contributed by atoms with Crippen LogP contribution in [0.5, 0.6) is 11.6 Å². The number of carboxylic acids is 1. The topological polar surface area (TPSA) is 92.1 Å². The molecule has 2 atom stereocenters. The average Bonchev–Trinajstić information content (AvgIpc) is 2.78. The number of carboxylic acid groups (broad SMARTS) is 1. The molecule has 31 heavy (non-hydrogen) atoms. The standard InChI is InChI=1S/C23H27ClN2O5/c1-14(22(28)29)21(27)16-4-3-15-5-6-23(31-19(15)11-16)7-9-26(10-8-23)18-12-20(30-2)25-13-17(18)24/h3-4,11-14,21,27H,5-10H2,1-2H3,(H,28,29)/t14-,21+/m0/s1. The Morgan fingerprint density at radius 2 is 2.03 bits per heavy atom. The molecule has 1 aromatic heterocycles. The lowest BCUT2D eigenvalue weighted by molar-refractivity contribution is -0.145. The van der Waals surface area contributed by atoms with Crippen LogP contribution in [0.25, 0.3) is 0 Å². The number of aryl methyl sites for hydroxylation is 1. The Balaban J connectivity index is 1.49. The molecule has 2 aliphatic rings. The van der Waals surface area contributed by atoms with Crippen molar-refractivity contribution in [2.75, 3.05) is 25.1 Å². The van der Waals surface area contributed by atoms with E-state index in [1.54, 1.807) is 25.4 Å². The van der Waals surface area contributed by atoms with Gasteiger partial charge in [-0.25, -0.2) is 4.98 Å². The molecule has 1 spiro atoms. The highest BCUT2D eigenvalue weighted by atomic mass is 35.5. The first-order valence-electron chi connectivity index (χ1n) is 10.5. The van der Waals surface area contributed by atoms with Crippen LogP contribution in [0.3, 0.4) is 0 Å². The molecular weight excluding hydrogens is 420 g/mol. The molecule has 0 saturated carbocycles. The van der Waals surface area contributed by atoms with Crippen LogP contribution < -0.4 is 14.4 Å². The number of hydrogen-bond acceptors (Lipinski definition) is 6. The Morgan fingerprint density at radius 1 is 1.29 bits per heavy atom. The zero-order valence-electron chi connectivity index (χ0n) is 17.7. The number of anilines is 1. The summed E-state index contributed by atoms with van der Waals surface area (Å²) in [5.74, 6) is -0.635. The normalized spacial score (nSPS) is 19.3. The van der Waals surface area contributed by atoms with Crippen molar-refractivity contribution in [3.05, 3.63) is 46.6 Å². The number of nitrogens with zero attached hydrogens (tertiary/aromatic N) is 2. The molecule has 0 radical (unpaired) electrons. The van der Waals surface area contributed by atoms with Crippen molar-refractivity contribution in [2.24, 2.45) is 5.92 Å². The largest absolute Gasteiger partial charge is 0.487 e. The average molecular weight is 447 g/mol. The number of aliphatic carboxylic acids is 1. The van der Waals surface area contributed by atoms with Crippen LogP contribution in [0.4, 0.5) is 5.69 Å². The van der Waals surface area contributed by atoms with E-state index in [0.717, 1.165) is 55.8 Å². The van der Waals surface area contributed by atoms with Gasteiger partial charge in [-0.1, -0.05) is 23.7 Å². The van der Waals surface area contributed by atoms with Gasteiger partial charge in [-0.2, -0.15) is 0 Å². The molecular formula is C23H27ClN2O5. The molecule has 0 unspecified atom stereocenters. The first kappa shape index (κ1) is 21.7. The second-order valence-corrected chi connectivity index (χ2v) is 8.80. The lowest BCUT2D eigenvalue weighted by atomic mass is 9.82. The van der Waals surface area contributed by atoms with Gasteiger partial charge in [0.05, 0.1) is 36.0 Å². The Bertz CT molecular complexity index is 974. The molecule has 2 N–H and O–H groups in total. The third-order valence-electron chi connectivity index (χ3n) is 6.51. The first-order valence-corrected chi connectivity index (χ1v) is 10.9. The van der Waals surface area contributed by atoms with E-state index in [0.29, 0.717) is 16.5 Å². The van der Waals surface area contributed by atoms with Crippen molar-refractivity contribution in [3.63, 3.8) is 0 Å². The zero-order chi connectivity index (χ0) is 22.2. The maximum atomic E-state index is 11.2. The second-order valence-electron chi connectivity index (χ2n) is 8.39. The van der Waals surface area contributed by atoms with Gasteiger partial charge in [-0.15, -0.1) is 0 Å². The van der Waals surface area contributed by atoms with Gasteiger partial charge in [0.2, 0.25) is 5.88 Å². The number of methoxy groups -OCH3 is 1. The Hall–Kier alpha value is -2.51. The summed E-state index contributed by atoms with van der Waals surface area (Å²) in [5, 5.41) is 20.2. The van der Waals surface area contributed by atoms with E-state index in [4.69, 9.17) is 21.1 Å². The molecule has 166 valence electrons. The van der Waals surface area contributed by atoms with Gasteiger partial charge in [-0.05, 0) is 37.0 Å². The Kier molecular flexibility index (Phi) is 5.99. The number of hydrogen-bond donors (Lipinski definition) is 2. The van der Waals surface area contributed by atoms with Crippen LogP contribution >= 0.6 is 11.6 Å². The van der Waals surface area contributed by atoms with Crippen LogP contribution in [-0.2, 0) is 11.2 Å². The van der Waals surface area contributed by atoms with Crippen molar-refractivity contribution in [1.29, 1.82) is 0 Å². The molecule has 3 heterocycles. The van der Waals surface area contributed by atoms with Gasteiger partial charge >= 0.3 is 5.97 Å². The quantitative estimate of drug-likeness (QED) is 0.720. The summed E-state index contributed by atoms with van der Waals surface area (Å²) in [6, 6.07) is 7.39. The summed E-state index contributed by atoms with van der Waals surface area (Å²) in [6.45, 7) is 3.09. The number of rotatable bonds is 5. The van der Waals surface area contributed by atoms with E-state index in [2.05, 4.69) is 9.88 Å². The number of aliphatic hydroxyl groups is 1. The molecule has 7 nitrogen and oxygen atoms in total. The molecule has 1 fully saturated rings. The molecule has 2 aromatic rings. The summed E-state index contributed by atoms with van der Waals surface area (Å²) in [6.07, 6.45) is 4.03. The fraction of sp³-hybridized carbons (Fsp3) is 0.478. The number of benzene rings is 1. The highest BCUT2D eigenvalue weighted by Gasteiger charge is 2.40. The summed E-state index contributed by atoms with van der Waals surface area (Å²) in [7, 11) is 1.58. The van der Waals surface area contributed by atoms with Crippen LogP contribution in [0, 0.1) is 5.92 Å². The van der Waals surface area contributed by atoms with E-state index in [1.807, 2.05) is 12.1 Å². The number of aliphatic hydroxyl groups excluding tert-OH is 1. The van der Waals surface area contributed by atoms with Crippen molar-refractivity contribution in [3.8, 4) is 11.6 Å². The van der Waals surface area contributed by atoms with Gasteiger partial charge in [0.15, 0.2) is 0 Å². The summed E-state index contributed by atoms with van der Waals surface area (Å²) < 4.78 is 11.7. The molecule has 1 aromatic carbocycles. The minimum absolute atomic E-state index is 0.269. The highest BCUT2D eigenvalue weighted by molar-refractivity contribution is 6.33. The lowest BCUT2D eigenvalue weighted by Crippen LogP contribution is -2.50. The van der Waals surface area contributed by atoms with E-state index >= 15 is 0 Å². The van der Waals surface area contributed by atoms with E-state index in [9.17, 15) is 15.0 Å². The number of pyridine rings is 1. The maximum absolute atomic E-state index is 11.2. The lowest BCUT2D eigenvalue weighted by Gasteiger charge is -2.45. The smallest absolute Gasteiger partial charge is 0.309 e. The van der Waals surface area contributed by atoms with Gasteiger partial charge < -0.3 is 24.6 Å². The molecule has 0 amide bonds. The van der Waals surface area contributed by atoms with Crippen molar-refractivity contribution < 1.29 is 24.5 Å². The van der Waals surface area contributed by atoms with Gasteiger partial charge in [0.25, 0.3) is 0 Å². The molecule has 8 heteroatoms. The second kappa shape index (κ2) is 8.55. The monoisotopic (exact) mass is 446 g/mol. The molecule has 0 bridgehead atoms. The predicted molar refractivity (Wildman–Crippen MR) is 117 cm³/mol. The van der Waals surface area contributed by atoms with Crippen molar-refractivity contribution in [1.82, 2.24) is 4.98 Å². The predicted octanol–water partition coefficient (Wildman–Crippen LogP) is 3.86. The van der Waals surface area contributed by atoms with Crippen LogP contribution in [-0.4, -0.2) is 47.0 Å². The Morgan fingerprint density at radius 3 is 2.71 bits per heavy atom. The third kappa shape index (κ3) is 4.29. The van der Waals surface area contributed by atoms with Crippen molar-refractivity contribution in [2.45, 2.75) is 44.3 Å². The fourth-order valence-corrected chi connectivity index (χ4v) is 4.62.